The van der Waals surface area contributed by atoms with Gasteiger partial charge >= 0.3 is 6.03 Å². The van der Waals surface area contributed by atoms with E-state index in [9.17, 15) is 4.79 Å². The molecule has 1 aromatic rings. The molecular formula is C15H22N2O2S. The number of carbonyl (C=O) groups excluding carboxylic acids is 1. The SMILES string of the molecule is C[C@H](NC(=O)N1CCC[C@H]1c1cccs1)[C@H]1CCCO1. The smallest absolute Gasteiger partial charge is 0.318 e. The standard InChI is InChI=1S/C15H22N2O2S/c1-11(13-6-3-9-19-13)16-15(18)17-8-2-5-12(17)14-7-4-10-20-14/h4,7,10-13H,2-3,5-6,8-9H2,1H3,(H,16,18)/t11-,12-,13+/m0/s1. The number of hydrogen-bond donors (Lipinski definition) is 1. The van der Waals surface area contributed by atoms with E-state index in [1.54, 1.807) is 11.3 Å². The maximum atomic E-state index is 12.5. The van der Waals surface area contributed by atoms with Crippen LogP contribution in [0.3, 0.4) is 0 Å². The molecule has 4 nitrogen and oxygen atoms in total. The molecule has 0 unspecified atom stereocenters. The third-order valence-electron chi connectivity index (χ3n) is 4.26. The van der Waals surface area contributed by atoms with Crippen LogP contribution >= 0.6 is 11.3 Å². The van der Waals surface area contributed by atoms with Gasteiger partial charge in [-0.15, -0.1) is 11.3 Å². The van der Waals surface area contributed by atoms with Crippen LogP contribution in [-0.2, 0) is 4.74 Å². The predicted octanol–water partition coefficient (Wildman–Crippen LogP) is 3.16. The van der Waals surface area contributed by atoms with Gasteiger partial charge in [-0.3, -0.25) is 0 Å². The third kappa shape index (κ3) is 2.83. The summed E-state index contributed by atoms with van der Waals surface area (Å²) >= 11 is 1.74. The predicted molar refractivity (Wildman–Crippen MR) is 80.0 cm³/mol. The molecule has 110 valence electrons. The van der Waals surface area contributed by atoms with Crippen LogP contribution < -0.4 is 5.32 Å². The molecule has 2 fully saturated rings. The van der Waals surface area contributed by atoms with Gasteiger partial charge in [0.2, 0.25) is 0 Å². The Balaban J connectivity index is 1.61. The van der Waals surface area contributed by atoms with Crippen LogP contribution in [0.1, 0.15) is 43.5 Å². The fourth-order valence-electron chi connectivity index (χ4n) is 3.15. The fraction of sp³-hybridized carbons (Fsp3) is 0.667. The zero-order chi connectivity index (χ0) is 13.9. The van der Waals surface area contributed by atoms with Gasteiger partial charge in [-0.2, -0.15) is 0 Å². The van der Waals surface area contributed by atoms with E-state index in [-0.39, 0.29) is 24.2 Å². The summed E-state index contributed by atoms with van der Waals surface area (Å²) in [4.78, 5) is 15.8. The molecule has 0 spiro atoms. The molecule has 0 saturated carbocycles. The maximum absolute atomic E-state index is 12.5. The first kappa shape index (κ1) is 13.9. The average molecular weight is 294 g/mol. The van der Waals surface area contributed by atoms with E-state index < -0.39 is 0 Å². The molecule has 0 aromatic carbocycles. The van der Waals surface area contributed by atoms with Crippen molar-refractivity contribution in [3.63, 3.8) is 0 Å². The van der Waals surface area contributed by atoms with Crippen LogP contribution in [0.15, 0.2) is 17.5 Å². The normalized spacial score (nSPS) is 27.8. The molecule has 1 N–H and O–H groups in total. The fourth-order valence-corrected chi connectivity index (χ4v) is 4.03. The maximum Gasteiger partial charge on any atom is 0.318 e. The van der Waals surface area contributed by atoms with Crippen LogP contribution in [0.4, 0.5) is 4.79 Å². The van der Waals surface area contributed by atoms with E-state index in [0.29, 0.717) is 0 Å². The summed E-state index contributed by atoms with van der Waals surface area (Å²) < 4.78 is 5.65. The van der Waals surface area contributed by atoms with Gasteiger partial charge in [0.1, 0.15) is 0 Å². The summed E-state index contributed by atoms with van der Waals surface area (Å²) in [7, 11) is 0. The lowest BCUT2D eigenvalue weighted by molar-refractivity contribution is 0.0829. The number of likely N-dealkylation sites (tertiary alicyclic amines) is 1. The number of carbonyl (C=O) groups is 1. The highest BCUT2D eigenvalue weighted by Gasteiger charge is 2.32. The third-order valence-corrected chi connectivity index (χ3v) is 5.23. The molecule has 0 radical (unpaired) electrons. The van der Waals surface area contributed by atoms with Crippen molar-refractivity contribution < 1.29 is 9.53 Å². The van der Waals surface area contributed by atoms with Gasteiger partial charge in [0.25, 0.3) is 0 Å². The molecule has 0 bridgehead atoms. The van der Waals surface area contributed by atoms with Crippen molar-refractivity contribution in [1.29, 1.82) is 0 Å². The lowest BCUT2D eigenvalue weighted by Crippen LogP contribution is -2.47. The molecule has 2 saturated heterocycles. The Kier molecular flexibility index (Phi) is 4.27. The molecule has 5 heteroatoms. The number of ether oxygens (including phenoxy) is 1. The van der Waals surface area contributed by atoms with Crippen molar-refractivity contribution in [2.45, 2.75) is 50.8 Å². The lowest BCUT2D eigenvalue weighted by Gasteiger charge is -2.28. The van der Waals surface area contributed by atoms with E-state index in [2.05, 4.69) is 22.8 Å². The van der Waals surface area contributed by atoms with Gasteiger partial charge in [0, 0.05) is 18.0 Å². The van der Waals surface area contributed by atoms with E-state index in [1.165, 1.54) is 4.88 Å². The van der Waals surface area contributed by atoms with E-state index in [4.69, 9.17) is 4.74 Å². The highest BCUT2D eigenvalue weighted by Crippen LogP contribution is 2.34. The summed E-state index contributed by atoms with van der Waals surface area (Å²) in [5.41, 5.74) is 0. The summed E-state index contributed by atoms with van der Waals surface area (Å²) in [6, 6.07) is 4.60. The van der Waals surface area contributed by atoms with Gasteiger partial charge in [-0.05, 0) is 44.1 Å². The zero-order valence-electron chi connectivity index (χ0n) is 11.9. The topological polar surface area (TPSA) is 41.6 Å². The van der Waals surface area contributed by atoms with E-state index in [1.807, 2.05) is 11.8 Å². The van der Waals surface area contributed by atoms with Crippen LogP contribution in [0.25, 0.3) is 0 Å². The Morgan fingerprint density at radius 3 is 3.10 bits per heavy atom. The number of rotatable bonds is 3. The van der Waals surface area contributed by atoms with Crippen molar-refractivity contribution in [2.24, 2.45) is 0 Å². The summed E-state index contributed by atoms with van der Waals surface area (Å²) in [5.74, 6) is 0. The molecule has 20 heavy (non-hydrogen) atoms. The Hall–Kier alpha value is -1.07. The van der Waals surface area contributed by atoms with Gasteiger partial charge in [-0.25, -0.2) is 4.79 Å². The van der Waals surface area contributed by atoms with Gasteiger partial charge in [-0.1, -0.05) is 6.07 Å². The van der Waals surface area contributed by atoms with Crippen LogP contribution in [0.5, 0.6) is 0 Å². The average Bonchev–Trinajstić information content (AvgIpc) is 3.19. The molecule has 1 aromatic heterocycles. The Bertz CT molecular complexity index is 443. The number of urea groups is 1. The quantitative estimate of drug-likeness (QED) is 0.930. The Morgan fingerprint density at radius 1 is 1.50 bits per heavy atom. The Labute approximate surface area is 124 Å². The molecule has 2 aliphatic heterocycles. The van der Waals surface area contributed by atoms with Crippen LogP contribution in [0.2, 0.25) is 0 Å². The Morgan fingerprint density at radius 2 is 2.40 bits per heavy atom. The number of thiophene rings is 1. The van der Waals surface area contributed by atoms with Crippen molar-refractivity contribution in [1.82, 2.24) is 10.2 Å². The lowest BCUT2D eigenvalue weighted by atomic mass is 10.1. The molecule has 0 aliphatic carbocycles. The van der Waals surface area contributed by atoms with Crippen molar-refractivity contribution in [3.05, 3.63) is 22.4 Å². The first-order valence-electron chi connectivity index (χ1n) is 7.48. The second-order valence-corrected chi connectivity index (χ2v) is 6.64. The van der Waals surface area contributed by atoms with Crippen molar-refractivity contribution in [2.75, 3.05) is 13.2 Å². The second-order valence-electron chi connectivity index (χ2n) is 5.66. The molecule has 3 heterocycles. The highest BCUT2D eigenvalue weighted by molar-refractivity contribution is 7.10. The van der Waals surface area contributed by atoms with Crippen LogP contribution in [-0.4, -0.2) is 36.2 Å². The summed E-state index contributed by atoms with van der Waals surface area (Å²) in [6.07, 6.45) is 4.50. The van der Waals surface area contributed by atoms with E-state index >= 15 is 0 Å². The van der Waals surface area contributed by atoms with Gasteiger partial charge < -0.3 is 15.0 Å². The number of nitrogens with zero attached hydrogens (tertiary/aromatic N) is 1. The molecule has 3 rings (SSSR count). The second kappa shape index (κ2) is 6.14. The first-order chi connectivity index (χ1) is 9.75. The van der Waals surface area contributed by atoms with Crippen molar-refractivity contribution in [3.8, 4) is 0 Å². The largest absolute Gasteiger partial charge is 0.376 e. The molecule has 2 amide bonds. The number of amides is 2. The highest BCUT2D eigenvalue weighted by atomic mass is 32.1. The summed E-state index contributed by atoms with van der Waals surface area (Å²) in [5, 5.41) is 5.20. The summed E-state index contributed by atoms with van der Waals surface area (Å²) in [6.45, 7) is 3.73. The van der Waals surface area contributed by atoms with Gasteiger partial charge in [0.15, 0.2) is 0 Å². The number of nitrogens with one attached hydrogen (secondary N) is 1. The zero-order valence-corrected chi connectivity index (χ0v) is 12.7. The molecule has 3 atom stereocenters. The van der Waals surface area contributed by atoms with E-state index in [0.717, 1.165) is 38.8 Å². The molecule has 2 aliphatic rings. The minimum atomic E-state index is 0.0592. The van der Waals surface area contributed by atoms with Crippen LogP contribution in [0, 0.1) is 0 Å². The monoisotopic (exact) mass is 294 g/mol. The first-order valence-corrected chi connectivity index (χ1v) is 8.36. The number of hydrogen-bond acceptors (Lipinski definition) is 3. The minimum Gasteiger partial charge on any atom is -0.376 e. The minimum absolute atomic E-state index is 0.0592. The van der Waals surface area contributed by atoms with Crippen molar-refractivity contribution >= 4 is 17.4 Å². The van der Waals surface area contributed by atoms with Gasteiger partial charge in [0.05, 0.1) is 18.2 Å². The molecular weight excluding hydrogens is 272 g/mol.